The summed E-state index contributed by atoms with van der Waals surface area (Å²) in [6, 6.07) is 28.7. The molecule has 0 saturated carbocycles. The first-order valence-electron chi connectivity index (χ1n) is 9.70. The summed E-state index contributed by atoms with van der Waals surface area (Å²) in [7, 11) is 3.38. The molecule has 2 aliphatic carbocycles. The van der Waals surface area contributed by atoms with Gasteiger partial charge < -0.3 is 9.47 Å². The van der Waals surface area contributed by atoms with Crippen molar-refractivity contribution in [2.75, 3.05) is 14.2 Å². The summed E-state index contributed by atoms with van der Waals surface area (Å²) >= 11 is 0. The van der Waals surface area contributed by atoms with Crippen molar-refractivity contribution in [1.29, 1.82) is 0 Å². The first kappa shape index (κ1) is 18.8. The standard InChI is InChI=1S/C21H18O2.C6H6/c1-22-19-13-7-12-18(20(19)23-2)21(15-8-4-3-5-9-15)16-10-6-11-17(21)14-16;1-2-4-6-5-3-1/h3-14H,1-2H3;1-6H. The zero-order valence-electron chi connectivity index (χ0n) is 16.7. The van der Waals surface area contributed by atoms with Gasteiger partial charge in [0.25, 0.3) is 0 Å². The first-order chi connectivity index (χ1) is 14.3. The average Bonchev–Trinajstić information content (AvgIpc) is 2.82. The minimum atomic E-state index is -0.268. The number of allylic oxidation sites excluding steroid dienone is 6. The van der Waals surface area contributed by atoms with Crippen molar-refractivity contribution in [2.45, 2.75) is 5.41 Å². The van der Waals surface area contributed by atoms with Crippen LogP contribution in [0, 0.1) is 0 Å². The molecule has 29 heavy (non-hydrogen) atoms. The topological polar surface area (TPSA) is 18.5 Å². The zero-order chi connectivity index (χ0) is 20.1. The van der Waals surface area contributed by atoms with Gasteiger partial charge in [-0.05, 0) is 22.8 Å². The predicted octanol–water partition coefficient (Wildman–Crippen LogP) is 6.11. The fourth-order valence-corrected chi connectivity index (χ4v) is 4.13. The second-order valence-corrected chi connectivity index (χ2v) is 6.89. The SMILES string of the molecule is COc1cccc(C2(c3ccccc3)c3cccc2c3)c1OC.c1ccccc1. The summed E-state index contributed by atoms with van der Waals surface area (Å²) in [6.07, 6.45) is 8.71. The third kappa shape index (κ3) is 3.17. The van der Waals surface area contributed by atoms with Crippen LogP contribution >= 0.6 is 0 Å². The molecule has 2 bridgehead atoms. The molecular weight excluding hydrogens is 356 g/mol. The first-order valence-corrected chi connectivity index (χ1v) is 9.70. The highest BCUT2D eigenvalue weighted by Crippen LogP contribution is 2.58. The third-order valence-corrected chi connectivity index (χ3v) is 5.41. The van der Waals surface area contributed by atoms with Gasteiger partial charge in [-0.3, -0.25) is 0 Å². The Morgan fingerprint density at radius 2 is 1.31 bits per heavy atom. The lowest BCUT2D eigenvalue weighted by molar-refractivity contribution is 0.348. The molecule has 3 aromatic carbocycles. The van der Waals surface area contributed by atoms with Crippen LogP contribution in [-0.4, -0.2) is 14.2 Å². The van der Waals surface area contributed by atoms with Crippen LogP contribution in [0.3, 0.4) is 0 Å². The summed E-state index contributed by atoms with van der Waals surface area (Å²) < 4.78 is 11.2. The highest BCUT2D eigenvalue weighted by molar-refractivity contribution is 5.76. The summed E-state index contributed by atoms with van der Waals surface area (Å²) in [5.41, 5.74) is 4.68. The van der Waals surface area contributed by atoms with E-state index in [1.165, 1.54) is 16.7 Å². The lowest BCUT2D eigenvalue weighted by atomic mass is 9.55. The van der Waals surface area contributed by atoms with Gasteiger partial charge in [0, 0.05) is 5.56 Å². The predicted molar refractivity (Wildman–Crippen MR) is 119 cm³/mol. The number of benzene rings is 3. The van der Waals surface area contributed by atoms with Gasteiger partial charge in [-0.25, -0.2) is 0 Å². The highest BCUT2D eigenvalue weighted by Gasteiger charge is 2.49. The molecule has 3 aromatic rings. The Hall–Kier alpha value is -3.52. The van der Waals surface area contributed by atoms with Crippen molar-refractivity contribution in [3.63, 3.8) is 0 Å². The Morgan fingerprint density at radius 3 is 1.83 bits per heavy atom. The largest absolute Gasteiger partial charge is 0.493 e. The zero-order valence-corrected chi connectivity index (χ0v) is 16.7. The molecule has 0 aliphatic heterocycles. The number of ether oxygens (including phenoxy) is 2. The van der Waals surface area contributed by atoms with E-state index in [0.717, 1.165) is 17.1 Å². The lowest BCUT2D eigenvalue weighted by Crippen LogP contribution is -2.39. The number of hydrogen-bond acceptors (Lipinski definition) is 2. The van der Waals surface area contributed by atoms with E-state index in [0.29, 0.717) is 0 Å². The molecule has 0 spiro atoms. The molecule has 1 unspecified atom stereocenters. The molecule has 2 aliphatic rings. The van der Waals surface area contributed by atoms with Gasteiger partial charge in [0.2, 0.25) is 0 Å². The normalized spacial score (nSPS) is 18.4. The molecule has 1 atom stereocenters. The maximum absolute atomic E-state index is 5.73. The smallest absolute Gasteiger partial charge is 0.165 e. The van der Waals surface area contributed by atoms with Gasteiger partial charge >= 0.3 is 0 Å². The maximum Gasteiger partial charge on any atom is 0.165 e. The quantitative estimate of drug-likeness (QED) is 0.543. The molecule has 0 heterocycles. The summed E-state index contributed by atoms with van der Waals surface area (Å²) in [4.78, 5) is 0. The van der Waals surface area contributed by atoms with E-state index in [-0.39, 0.29) is 5.41 Å². The van der Waals surface area contributed by atoms with Crippen LogP contribution in [0.1, 0.15) is 11.1 Å². The van der Waals surface area contributed by atoms with E-state index >= 15 is 0 Å². The number of hydrogen-bond donors (Lipinski definition) is 0. The Labute approximate surface area is 172 Å². The number of fused-ring (bicyclic) bond motifs is 2. The lowest BCUT2D eigenvalue weighted by Gasteiger charge is -2.46. The van der Waals surface area contributed by atoms with E-state index in [9.17, 15) is 0 Å². The Morgan fingerprint density at radius 1 is 0.655 bits per heavy atom. The van der Waals surface area contributed by atoms with Crippen LogP contribution in [0.5, 0.6) is 11.5 Å². The molecule has 2 nitrogen and oxygen atoms in total. The van der Waals surface area contributed by atoms with Gasteiger partial charge in [0.15, 0.2) is 11.5 Å². The van der Waals surface area contributed by atoms with Gasteiger partial charge in [0.1, 0.15) is 0 Å². The summed E-state index contributed by atoms with van der Waals surface area (Å²) in [5.74, 6) is 1.56. The van der Waals surface area contributed by atoms with Crippen molar-refractivity contribution in [2.24, 2.45) is 0 Å². The van der Waals surface area contributed by atoms with Gasteiger partial charge in [-0.1, -0.05) is 103 Å². The van der Waals surface area contributed by atoms with Crippen LogP contribution in [0.4, 0.5) is 0 Å². The van der Waals surface area contributed by atoms with E-state index in [2.05, 4.69) is 54.6 Å². The van der Waals surface area contributed by atoms with E-state index in [4.69, 9.17) is 9.47 Å². The van der Waals surface area contributed by atoms with Crippen LogP contribution < -0.4 is 9.47 Å². The Bertz CT molecular complexity index is 1020. The molecule has 144 valence electrons. The second kappa shape index (κ2) is 8.24. The average molecular weight is 380 g/mol. The monoisotopic (exact) mass is 380 g/mol. The molecule has 0 fully saturated rings. The Kier molecular flexibility index (Phi) is 5.35. The van der Waals surface area contributed by atoms with Crippen molar-refractivity contribution in [3.8, 4) is 11.5 Å². The molecule has 0 saturated heterocycles. The van der Waals surface area contributed by atoms with Crippen molar-refractivity contribution < 1.29 is 9.47 Å². The minimum Gasteiger partial charge on any atom is -0.493 e. The summed E-state index contributed by atoms with van der Waals surface area (Å²) in [6.45, 7) is 0. The fraction of sp³-hybridized carbons (Fsp3) is 0.111. The molecule has 0 radical (unpaired) electrons. The van der Waals surface area contributed by atoms with Gasteiger partial charge in [-0.15, -0.1) is 0 Å². The molecule has 0 aromatic heterocycles. The number of para-hydroxylation sites is 1. The van der Waals surface area contributed by atoms with Crippen LogP contribution in [-0.2, 0) is 5.41 Å². The van der Waals surface area contributed by atoms with Crippen LogP contribution in [0.2, 0.25) is 0 Å². The fourth-order valence-electron chi connectivity index (χ4n) is 4.13. The summed E-state index contributed by atoms with van der Waals surface area (Å²) in [5, 5.41) is 0. The van der Waals surface area contributed by atoms with Gasteiger partial charge in [0.05, 0.1) is 19.6 Å². The molecule has 0 N–H and O–H groups in total. The van der Waals surface area contributed by atoms with Crippen molar-refractivity contribution >= 4 is 0 Å². The van der Waals surface area contributed by atoms with Crippen molar-refractivity contribution in [1.82, 2.24) is 0 Å². The maximum atomic E-state index is 5.73. The molecule has 0 amide bonds. The number of rotatable bonds is 4. The van der Waals surface area contributed by atoms with Crippen molar-refractivity contribution in [3.05, 3.63) is 132 Å². The molecular formula is C27H24O2. The number of methoxy groups -OCH3 is 2. The highest BCUT2D eigenvalue weighted by atomic mass is 16.5. The Balaban J connectivity index is 0.000000294. The van der Waals surface area contributed by atoms with E-state index in [1.807, 2.05) is 54.6 Å². The van der Waals surface area contributed by atoms with Crippen LogP contribution in [0.25, 0.3) is 0 Å². The molecule has 5 rings (SSSR count). The van der Waals surface area contributed by atoms with E-state index < -0.39 is 0 Å². The van der Waals surface area contributed by atoms with E-state index in [1.54, 1.807) is 14.2 Å². The second-order valence-electron chi connectivity index (χ2n) is 6.89. The van der Waals surface area contributed by atoms with Gasteiger partial charge in [-0.2, -0.15) is 0 Å². The van der Waals surface area contributed by atoms with Crippen LogP contribution in [0.15, 0.2) is 120 Å². The molecule has 2 heteroatoms. The minimum absolute atomic E-state index is 0.268. The third-order valence-electron chi connectivity index (χ3n) is 5.41.